The lowest BCUT2D eigenvalue weighted by atomic mass is 9.89. The summed E-state index contributed by atoms with van der Waals surface area (Å²) in [6.45, 7) is 0.488. The molecule has 4 rings (SSSR count). The number of carbonyl (C=O) groups is 1. The Bertz CT molecular complexity index is 986. The van der Waals surface area contributed by atoms with Gasteiger partial charge < -0.3 is 4.42 Å². The number of anilines is 1. The molecule has 0 radical (unpaired) electrons. The highest BCUT2D eigenvalue weighted by molar-refractivity contribution is 7.89. The van der Waals surface area contributed by atoms with Crippen molar-refractivity contribution >= 4 is 33.5 Å². The Morgan fingerprint density at radius 2 is 1.80 bits per heavy atom. The second-order valence-electron chi connectivity index (χ2n) is 7.93. The number of amides is 1. The van der Waals surface area contributed by atoms with Crippen molar-refractivity contribution in [3.8, 4) is 0 Å². The van der Waals surface area contributed by atoms with Gasteiger partial charge in [0.1, 0.15) is 0 Å². The largest absolute Gasteiger partial charge is 0.408 e. The molecule has 1 aromatic carbocycles. The van der Waals surface area contributed by atoms with Crippen LogP contribution < -0.4 is 5.32 Å². The Morgan fingerprint density at radius 3 is 2.53 bits per heavy atom. The highest BCUT2D eigenvalue weighted by atomic mass is 35.5. The van der Waals surface area contributed by atoms with E-state index in [1.54, 1.807) is 12.1 Å². The monoisotopic (exact) mass is 452 g/mol. The molecule has 8 nitrogen and oxygen atoms in total. The summed E-state index contributed by atoms with van der Waals surface area (Å²) in [6, 6.07) is 6.13. The maximum Gasteiger partial charge on any atom is 0.322 e. The van der Waals surface area contributed by atoms with E-state index in [-0.39, 0.29) is 29.3 Å². The number of benzene rings is 1. The number of hydrogen-bond acceptors (Lipinski definition) is 6. The number of aromatic nitrogens is 2. The second-order valence-corrected chi connectivity index (χ2v) is 10.3. The van der Waals surface area contributed by atoms with Gasteiger partial charge in [0.05, 0.1) is 10.8 Å². The van der Waals surface area contributed by atoms with E-state index in [9.17, 15) is 13.2 Å². The minimum Gasteiger partial charge on any atom is -0.408 e. The summed E-state index contributed by atoms with van der Waals surface area (Å²) in [5, 5.41) is 11.2. The fourth-order valence-corrected chi connectivity index (χ4v) is 5.79. The number of sulfonamides is 1. The molecular formula is C20H25ClN4O4S. The lowest BCUT2D eigenvalue weighted by Gasteiger charge is -2.30. The first-order valence-electron chi connectivity index (χ1n) is 10.3. The van der Waals surface area contributed by atoms with E-state index in [1.165, 1.54) is 22.9 Å². The van der Waals surface area contributed by atoms with Gasteiger partial charge in [-0.3, -0.25) is 10.1 Å². The Labute approximate surface area is 181 Å². The van der Waals surface area contributed by atoms with Crippen LogP contribution >= 0.6 is 11.6 Å². The second kappa shape index (κ2) is 9.03. The molecule has 0 bridgehead atoms. The molecule has 2 aliphatic rings. The van der Waals surface area contributed by atoms with Crippen molar-refractivity contribution in [1.82, 2.24) is 14.5 Å². The van der Waals surface area contributed by atoms with E-state index in [0.29, 0.717) is 30.3 Å². The summed E-state index contributed by atoms with van der Waals surface area (Å²) in [7, 11) is -3.69. The predicted molar refractivity (Wildman–Crippen MR) is 112 cm³/mol. The van der Waals surface area contributed by atoms with Crippen LogP contribution in [0.1, 0.15) is 56.8 Å². The smallest absolute Gasteiger partial charge is 0.322 e. The van der Waals surface area contributed by atoms with Crippen LogP contribution in [-0.2, 0) is 14.8 Å². The SMILES string of the molecule is O=C(Nc1nnc(C2CCCCC2)o1)C1CCCN(S(=O)(=O)c2ccc(Cl)cc2)C1. The van der Waals surface area contributed by atoms with Crippen LogP contribution in [0.2, 0.25) is 5.02 Å². The number of carbonyl (C=O) groups excluding carboxylic acids is 1. The Hall–Kier alpha value is -1.97. The van der Waals surface area contributed by atoms with Gasteiger partial charge >= 0.3 is 6.01 Å². The fourth-order valence-electron chi connectivity index (χ4n) is 4.14. The van der Waals surface area contributed by atoms with Crippen molar-refractivity contribution in [2.75, 3.05) is 18.4 Å². The Morgan fingerprint density at radius 1 is 1.07 bits per heavy atom. The molecule has 1 aliphatic carbocycles. The molecule has 1 amide bonds. The van der Waals surface area contributed by atoms with E-state index >= 15 is 0 Å². The van der Waals surface area contributed by atoms with E-state index in [1.807, 2.05) is 0 Å². The number of nitrogens with zero attached hydrogens (tertiary/aromatic N) is 3. The van der Waals surface area contributed by atoms with Crippen LogP contribution in [0, 0.1) is 5.92 Å². The summed E-state index contributed by atoms with van der Waals surface area (Å²) in [4.78, 5) is 12.9. The van der Waals surface area contributed by atoms with Crippen molar-refractivity contribution in [3.63, 3.8) is 0 Å². The first-order chi connectivity index (χ1) is 14.4. The van der Waals surface area contributed by atoms with Crippen molar-refractivity contribution in [2.24, 2.45) is 5.92 Å². The third kappa shape index (κ3) is 4.68. The molecule has 162 valence electrons. The fraction of sp³-hybridized carbons (Fsp3) is 0.550. The first kappa shape index (κ1) is 21.3. The lowest BCUT2D eigenvalue weighted by Crippen LogP contribution is -2.43. The predicted octanol–water partition coefficient (Wildman–Crippen LogP) is 3.81. The first-order valence-corrected chi connectivity index (χ1v) is 12.2. The lowest BCUT2D eigenvalue weighted by molar-refractivity contribution is -0.121. The minimum atomic E-state index is -3.69. The molecule has 1 aromatic heterocycles. The number of rotatable bonds is 5. The van der Waals surface area contributed by atoms with E-state index in [0.717, 1.165) is 25.7 Å². The number of piperidine rings is 1. The number of halogens is 1. The number of nitrogens with one attached hydrogen (secondary N) is 1. The molecule has 2 aromatic rings. The molecule has 1 aliphatic heterocycles. The van der Waals surface area contributed by atoms with E-state index in [4.69, 9.17) is 16.0 Å². The van der Waals surface area contributed by atoms with Gasteiger partial charge in [0, 0.05) is 24.0 Å². The van der Waals surface area contributed by atoms with Gasteiger partial charge in [-0.1, -0.05) is 36.0 Å². The van der Waals surface area contributed by atoms with E-state index in [2.05, 4.69) is 15.5 Å². The van der Waals surface area contributed by atoms with Crippen LogP contribution in [-0.4, -0.2) is 41.9 Å². The standard InChI is InChI=1S/C20H25ClN4O4S/c21-16-8-10-17(11-9-16)30(27,28)25-12-4-7-15(13-25)18(26)22-20-24-23-19(29-20)14-5-2-1-3-6-14/h8-11,14-15H,1-7,12-13H2,(H,22,24,26). The Balaban J connectivity index is 1.40. The molecule has 30 heavy (non-hydrogen) atoms. The molecular weight excluding hydrogens is 428 g/mol. The quantitative estimate of drug-likeness (QED) is 0.739. The normalized spacial score (nSPS) is 21.4. The van der Waals surface area contributed by atoms with Gasteiger partial charge in [0.15, 0.2) is 0 Å². The van der Waals surface area contributed by atoms with Crippen LogP contribution in [0.5, 0.6) is 0 Å². The van der Waals surface area contributed by atoms with Crippen LogP contribution in [0.3, 0.4) is 0 Å². The van der Waals surface area contributed by atoms with Gasteiger partial charge in [-0.05, 0) is 49.9 Å². The van der Waals surface area contributed by atoms with Gasteiger partial charge in [-0.15, -0.1) is 5.10 Å². The average molecular weight is 453 g/mol. The minimum absolute atomic E-state index is 0.0817. The molecule has 1 N–H and O–H groups in total. The van der Waals surface area contributed by atoms with Gasteiger partial charge in [-0.25, -0.2) is 8.42 Å². The third-order valence-electron chi connectivity index (χ3n) is 5.83. The third-order valence-corrected chi connectivity index (χ3v) is 7.96. The molecule has 0 spiro atoms. The topological polar surface area (TPSA) is 105 Å². The highest BCUT2D eigenvalue weighted by Crippen LogP contribution is 2.32. The zero-order valence-corrected chi connectivity index (χ0v) is 18.2. The van der Waals surface area contributed by atoms with Gasteiger partial charge in [0.2, 0.25) is 21.8 Å². The molecule has 1 saturated carbocycles. The molecule has 2 heterocycles. The summed E-state index contributed by atoms with van der Waals surface area (Å²) in [5.74, 6) is 0.0443. The zero-order chi connectivity index (χ0) is 21.1. The maximum absolute atomic E-state index is 12.9. The zero-order valence-electron chi connectivity index (χ0n) is 16.6. The number of hydrogen-bond donors (Lipinski definition) is 1. The molecule has 2 fully saturated rings. The summed E-state index contributed by atoms with van der Waals surface area (Å²) in [5.41, 5.74) is 0. The van der Waals surface area contributed by atoms with Crippen molar-refractivity contribution in [1.29, 1.82) is 0 Å². The van der Waals surface area contributed by atoms with Crippen LogP contribution in [0.25, 0.3) is 0 Å². The highest BCUT2D eigenvalue weighted by Gasteiger charge is 2.34. The maximum atomic E-state index is 12.9. The van der Waals surface area contributed by atoms with Crippen LogP contribution in [0.15, 0.2) is 33.6 Å². The Kier molecular flexibility index (Phi) is 6.40. The van der Waals surface area contributed by atoms with Gasteiger partial charge in [-0.2, -0.15) is 4.31 Å². The van der Waals surface area contributed by atoms with Crippen molar-refractivity contribution in [3.05, 3.63) is 35.2 Å². The molecule has 1 atom stereocenters. The molecule has 1 saturated heterocycles. The molecule has 10 heteroatoms. The van der Waals surface area contributed by atoms with Gasteiger partial charge in [0.25, 0.3) is 0 Å². The summed E-state index contributed by atoms with van der Waals surface area (Å²) >= 11 is 5.86. The van der Waals surface area contributed by atoms with Crippen LogP contribution in [0.4, 0.5) is 6.01 Å². The average Bonchev–Trinajstić information content (AvgIpc) is 3.23. The van der Waals surface area contributed by atoms with E-state index < -0.39 is 15.9 Å². The van der Waals surface area contributed by atoms with Crippen molar-refractivity contribution < 1.29 is 17.6 Å². The summed E-state index contributed by atoms with van der Waals surface area (Å²) in [6.07, 6.45) is 6.77. The molecule has 1 unspecified atom stereocenters. The van der Waals surface area contributed by atoms with Crippen molar-refractivity contribution in [2.45, 2.75) is 55.8 Å². The summed E-state index contributed by atoms with van der Waals surface area (Å²) < 4.78 is 32.8.